The first kappa shape index (κ1) is 16.9. The third-order valence-electron chi connectivity index (χ3n) is 4.24. The molecule has 0 unspecified atom stereocenters. The van der Waals surface area contributed by atoms with Crippen molar-refractivity contribution in [2.45, 2.75) is 13.5 Å². The van der Waals surface area contributed by atoms with Crippen LogP contribution in [0.1, 0.15) is 11.1 Å². The van der Waals surface area contributed by atoms with Gasteiger partial charge in [-0.3, -0.25) is 4.79 Å². The van der Waals surface area contributed by atoms with E-state index in [2.05, 4.69) is 34.7 Å². The number of rotatable bonds is 3. The number of nitrogens with one attached hydrogen (secondary N) is 1. The Bertz CT molecular complexity index is 834. The smallest absolute Gasteiger partial charge is 0.285 e. The Morgan fingerprint density at radius 3 is 2.83 bits per heavy atom. The molecule has 1 fully saturated rings. The van der Waals surface area contributed by atoms with Crippen LogP contribution in [0.25, 0.3) is 0 Å². The van der Waals surface area contributed by atoms with Gasteiger partial charge in [-0.2, -0.15) is 5.10 Å². The van der Waals surface area contributed by atoms with Crippen molar-refractivity contribution in [3.05, 3.63) is 68.2 Å². The Morgan fingerprint density at radius 2 is 2.12 bits per heavy atom. The predicted molar refractivity (Wildman–Crippen MR) is 97.8 cm³/mol. The molecule has 0 bridgehead atoms. The Hall–Kier alpha value is -1.98. The van der Waals surface area contributed by atoms with E-state index in [4.69, 9.17) is 23.2 Å². The zero-order chi connectivity index (χ0) is 17.3. The summed E-state index contributed by atoms with van der Waals surface area (Å²) in [7, 11) is 0. The van der Waals surface area contributed by atoms with Crippen molar-refractivity contribution in [1.29, 1.82) is 0 Å². The molecule has 0 spiro atoms. The van der Waals surface area contributed by atoms with Crippen LogP contribution in [0.2, 0.25) is 10.0 Å². The zero-order valence-corrected chi connectivity index (χ0v) is 14.9. The molecule has 1 aromatic heterocycles. The van der Waals surface area contributed by atoms with E-state index in [9.17, 15) is 4.79 Å². The van der Waals surface area contributed by atoms with Gasteiger partial charge in [0.15, 0.2) is 0 Å². The largest absolute Gasteiger partial charge is 0.368 e. The van der Waals surface area contributed by atoms with E-state index in [1.165, 1.54) is 11.1 Å². The van der Waals surface area contributed by atoms with Crippen molar-refractivity contribution in [3.8, 4) is 0 Å². The Kier molecular flexibility index (Phi) is 4.83. The second-order valence-corrected chi connectivity index (χ2v) is 6.69. The molecule has 2 aromatic rings. The minimum Gasteiger partial charge on any atom is -0.368 e. The van der Waals surface area contributed by atoms with Crippen LogP contribution >= 0.6 is 23.2 Å². The molecule has 0 aliphatic carbocycles. The van der Waals surface area contributed by atoms with Gasteiger partial charge in [0.2, 0.25) is 0 Å². The molecule has 24 heavy (non-hydrogen) atoms. The first-order chi connectivity index (χ1) is 11.5. The van der Waals surface area contributed by atoms with Crippen molar-refractivity contribution in [2.75, 3.05) is 24.5 Å². The summed E-state index contributed by atoms with van der Waals surface area (Å²) in [6.45, 7) is 9.17. The number of nitrogens with zero attached hydrogens (tertiary/aromatic N) is 3. The summed E-state index contributed by atoms with van der Waals surface area (Å²) < 4.78 is 0. The van der Waals surface area contributed by atoms with Gasteiger partial charge in [-0.05, 0) is 30.2 Å². The molecule has 5 nitrogen and oxygen atoms in total. The van der Waals surface area contributed by atoms with E-state index < -0.39 is 0 Å². The molecule has 2 heterocycles. The Labute approximate surface area is 150 Å². The van der Waals surface area contributed by atoms with Gasteiger partial charge >= 0.3 is 0 Å². The molecule has 1 aliphatic heterocycles. The molecule has 1 saturated heterocycles. The maximum absolute atomic E-state index is 11.6. The molecule has 0 saturated carbocycles. The fourth-order valence-corrected chi connectivity index (χ4v) is 3.27. The Morgan fingerprint density at radius 1 is 1.33 bits per heavy atom. The fourth-order valence-electron chi connectivity index (χ4n) is 2.83. The number of aromatic nitrogens is 2. The van der Waals surface area contributed by atoms with Crippen molar-refractivity contribution in [1.82, 2.24) is 15.1 Å². The molecule has 3 rings (SSSR count). The summed E-state index contributed by atoms with van der Waals surface area (Å²) in [5.74, 6) is 0. The highest BCUT2D eigenvalue weighted by Gasteiger charge is 2.23. The number of piperazine rings is 1. The van der Waals surface area contributed by atoms with E-state index in [1.807, 2.05) is 17.0 Å². The second-order valence-electron chi connectivity index (χ2n) is 5.88. The summed E-state index contributed by atoms with van der Waals surface area (Å²) in [5, 5.41) is 7.08. The minimum absolute atomic E-state index is 0.166. The van der Waals surface area contributed by atoms with Crippen molar-refractivity contribution < 1.29 is 0 Å². The van der Waals surface area contributed by atoms with Crippen molar-refractivity contribution in [2.24, 2.45) is 0 Å². The summed E-state index contributed by atoms with van der Waals surface area (Å²) in [4.78, 5) is 15.9. The van der Waals surface area contributed by atoms with Crippen molar-refractivity contribution >= 4 is 28.9 Å². The van der Waals surface area contributed by atoms with E-state index in [-0.39, 0.29) is 10.6 Å². The SMILES string of the molecule is C=C1CN(c2cn[nH]c(=O)c2Cl)CCN1Cc1ccc(Cl)cc1C. The molecular weight excluding hydrogens is 347 g/mol. The van der Waals surface area contributed by atoms with E-state index in [0.717, 1.165) is 30.4 Å². The van der Waals surface area contributed by atoms with E-state index in [0.29, 0.717) is 12.2 Å². The van der Waals surface area contributed by atoms with Gasteiger partial charge in [0.1, 0.15) is 5.02 Å². The molecule has 1 aromatic carbocycles. The molecule has 0 atom stereocenters. The van der Waals surface area contributed by atoms with Gasteiger partial charge in [-0.1, -0.05) is 35.8 Å². The lowest BCUT2D eigenvalue weighted by Crippen LogP contribution is -2.44. The van der Waals surface area contributed by atoms with E-state index >= 15 is 0 Å². The lowest BCUT2D eigenvalue weighted by atomic mass is 10.1. The molecule has 0 radical (unpaired) electrons. The maximum atomic E-state index is 11.6. The van der Waals surface area contributed by atoms with Gasteiger partial charge in [-0.25, -0.2) is 5.10 Å². The van der Waals surface area contributed by atoms with Crippen LogP contribution in [-0.4, -0.2) is 34.7 Å². The van der Waals surface area contributed by atoms with Crippen LogP contribution < -0.4 is 10.5 Å². The lowest BCUT2D eigenvalue weighted by molar-refractivity contribution is 0.312. The van der Waals surface area contributed by atoms with Gasteiger partial charge < -0.3 is 9.80 Å². The molecule has 1 N–H and O–H groups in total. The van der Waals surface area contributed by atoms with Gasteiger partial charge in [0.05, 0.1) is 18.4 Å². The van der Waals surface area contributed by atoms with Crippen molar-refractivity contribution in [3.63, 3.8) is 0 Å². The first-order valence-corrected chi connectivity index (χ1v) is 8.37. The monoisotopic (exact) mass is 364 g/mol. The molecular formula is C17H18Cl2N4O. The average Bonchev–Trinajstić information content (AvgIpc) is 2.54. The number of anilines is 1. The number of benzene rings is 1. The van der Waals surface area contributed by atoms with Crippen LogP contribution in [0.5, 0.6) is 0 Å². The third kappa shape index (κ3) is 3.42. The zero-order valence-electron chi connectivity index (χ0n) is 13.4. The van der Waals surface area contributed by atoms with Crippen LogP contribution in [0.3, 0.4) is 0 Å². The standard InChI is InChI=1S/C17H18Cl2N4O/c1-11-7-14(18)4-3-13(11)10-22-5-6-23(9-12(22)2)15-8-20-21-17(24)16(15)19/h3-4,7-8H,2,5-6,9-10H2,1H3,(H,21,24). The lowest BCUT2D eigenvalue weighted by Gasteiger charge is -2.39. The number of hydrogen-bond acceptors (Lipinski definition) is 4. The molecule has 7 heteroatoms. The number of H-pyrrole nitrogens is 1. The van der Waals surface area contributed by atoms with Crippen LogP contribution in [0, 0.1) is 6.92 Å². The summed E-state index contributed by atoms with van der Waals surface area (Å²) in [6.07, 6.45) is 1.58. The highest BCUT2D eigenvalue weighted by Crippen LogP contribution is 2.26. The molecule has 0 amide bonds. The quantitative estimate of drug-likeness (QED) is 0.908. The highest BCUT2D eigenvalue weighted by atomic mass is 35.5. The van der Waals surface area contributed by atoms with Gasteiger partial charge in [0, 0.05) is 30.4 Å². The minimum atomic E-state index is -0.376. The Balaban J connectivity index is 1.72. The second kappa shape index (κ2) is 6.87. The molecule has 1 aliphatic rings. The average molecular weight is 365 g/mol. The van der Waals surface area contributed by atoms with E-state index in [1.54, 1.807) is 6.20 Å². The number of hydrogen-bond donors (Lipinski definition) is 1. The third-order valence-corrected chi connectivity index (χ3v) is 4.84. The normalized spacial score (nSPS) is 15.0. The number of aryl methyl sites for hydroxylation is 1. The van der Waals surface area contributed by atoms with Gasteiger partial charge in [-0.15, -0.1) is 0 Å². The first-order valence-electron chi connectivity index (χ1n) is 7.61. The summed E-state index contributed by atoms with van der Waals surface area (Å²) >= 11 is 12.1. The number of halogens is 2. The number of aromatic amines is 1. The van der Waals surface area contributed by atoms with Gasteiger partial charge in [0.25, 0.3) is 5.56 Å². The van der Waals surface area contributed by atoms with Crippen LogP contribution in [0.4, 0.5) is 5.69 Å². The highest BCUT2D eigenvalue weighted by molar-refractivity contribution is 6.33. The fraction of sp³-hybridized carbons (Fsp3) is 0.294. The van der Waals surface area contributed by atoms with Crippen LogP contribution in [0.15, 0.2) is 41.5 Å². The molecule has 126 valence electrons. The van der Waals surface area contributed by atoms with Crippen LogP contribution in [-0.2, 0) is 6.54 Å². The summed E-state index contributed by atoms with van der Waals surface area (Å²) in [6, 6.07) is 5.93. The topological polar surface area (TPSA) is 52.2 Å². The summed E-state index contributed by atoms with van der Waals surface area (Å²) in [5.41, 5.74) is 3.64. The maximum Gasteiger partial charge on any atom is 0.285 e. The predicted octanol–water partition coefficient (Wildman–Crippen LogP) is 3.22.